The zero-order valence-corrected chi connectivity index (χ0v) is 20.4. The number of ether oxygens (including phenoxy) is 1. The first-order valence-electron chi connectivity index (χ1n) is 9.85. The van der Waals surface area contributed by atoms with E-state index >= 15 is 0 Å². The number of hydrogen-bond donors (Lipinski definition) is 2. The number of likely N-dealkylation sites (tertiary alicyclic amines) is 1. The maximum atomic E-state index is 11.8. The van der Waals surface area contributed by atoms with Crippen LogP contribution in [0.1, 0.15) is 44.6 Å². The van der Waals surface area contributed by atoms with Crippen LogP contribution in [0.5, 0.6) is 0 Å². The number of carbonyl (C=O) groups is 1. The van der Waals surface area contributed by atoms with Crippen LogP contribution in [-0.2, 0) is 4.74 Å². The van der Waals surface area contributed by atoms with Gasteiger partial charge in [-0.2, -0.15) is 0 Å². The summed E-state index contributed by atoms with van der Waals surface area (Å²) in [5, 5.41) is 7.13. The average molecular weight is 565 g/mol. The van der Waals surface area contributed by atoms with Gasteiger partial charge in [-0.05, 0) is 50.8 Å². The van der Waals surface area contributed by atoms with E-state index in [-0.39, 0.29) is 30.1 Å². The molecule has 6 nitrogen and oxygen atoms in total. The molecule has 2 atom stereocenters. The summed E-state index contributed by atoms with van der Waals surface area (Å²) < 4.78 is 6.20. The molecule has 0 radical (unpaired) electrons. The lowest BCUT2D eigenvalue weighted by molar-refractivity contribution is 0.0963. The van der Waals surface area contributed by atoms with E-state index in [9.17, 15) is 4.79 Å². The highest BCUT2D eigenvalue weighted by Gasteiger charge is 2.39. The molecule has 2 aliphatic rings. The Balaban J connectivity index is 0.00000280. The van der Waals surface area contributed by atoms with E-state index in [2.05, 4.69) is 55.8 Å². The van der Waals surface area contributed by atoms with Crippen LogP contribution in [0.4, 0.5) is 4.79 Å². The van der Waals surface area contributed by atoms with Gasteiger partial charge in [-0.3, -0.25) is 4.99 Å². The number of benzene rings is 1. The van der Waals surface area contributed by atoms with Crippen molar-refractivity contribution in [3.63, 3.8) is 0 Å². The van der Waals surface area contributed by atoms with Gasteiger partial charge < -0.3 is 20.3 Å². The number of nitrogens with one attached hydrogen (secondary N) is 2. The van der Waals surface area contributed by atoms with Crippen molar-refractivity contribution >= 4 is 52.0 Å². The first-order chi connectivity index (χ1) is 13.1. The van der Waals surface area contributed by atoms with Crippen LogP contribution in [-0.4, -0.2) is 55.3 Å². The molecule has 2 N–H and O–H groups in total. The topological polar surface area (TPSA) is 66.0 Å². The maximum Gasteiger partial charge on any atom is 0.409 e. The van der Waals surface area contributed by atoms with Gasteiger partial charge in [0.05, 0.1) is 6.61 Å². The second kappa shape index (κ2) is 11.2. The summed E-state index contributed by atoms with van der Waals surface area (Å²) in [6.45, 7) is 6.50. The van der Waals surface area contributed by atoms with E-state index in [1.165, 1.54) is 5.56 Å². The summed E-state index contributed by atoms with van der Waals surface area (Å²) >= 11 is 3.49. The molecule has 0 spiro atoms. The van der Waals surface area contributed by atoms with E-state index < -0.39 is 0 Å². The summed E-state index contributed by atoms with van der Waals surface area (Å²) in [5.41, 5.74) is 1.37. The van der Waals surface area contributed by atoms with Crippen LogP contribution >= 0.6 is 39.9 Å². The molecule has 156 valence electrons. The van der Waals surface area contributed by atoms with Crippen molar-refractivity contribution < 1.29 is 9.53 Å². The van der Waals surface area contributed by atoms with E-state index in [1.54, 1.807) is 4.90 Å². The highest BCUT2D eigenvalue weighted by atomic mass is 127. The molecule has 0 bridgehead atoms. The molecule has 1 saturated heterocycles. The van der Waals surface area contributed by atoms with Gasteiger partial charge in [0.25, 0.3) is 0 Å². The molecule has 1 heterocycles. The SMILES string of the molecule is CCN=C(NC1CCN(C(=O)OCC)CC1)NC1CC1c1ccc(Br)cc1.I. The standard InChI is InChI=1S/C20H29BrN4O2.HI/c1-3-22-19(23-16-9-11-25(12-10-16)20(26)27-4-2)24-18-13-17(18)14-5-7-15(21)8-6-14;/h5-8,16-18H,3-4,9-13H2,1-2H3,(H2,22,23,24);1H. The molecule has 3 rings (SSSR count). The fourth-order valence-electron chi connectivity index (χ4n) is 3.51. The number of hydrogen-bond acceptors (Lipinski definition) is 3. The molecule has 1 aromatic rings. The maximum absolute atomic E-state index is 11.8. The van der Waals surface area contributed by atoms with Crippen molar-refractivity contribution in [3.8, 4) is 0 Å². The number of halogens is 2. The van der Waals surface area contributed by atoms with Gasteiger partial charge in [0.15, 0.2) is 5.96 Å². The van der Waals surface area contributed by atoms with Gasteiger partial charge in [-0.15, -0.1) is 24.0 Å². The molecule has 8 heteroatoms. The normalized spacial score (nSPS) is 22.2. The number of nitrogens with zero attached hydrogens (tertiary/aromatic N) is 2. The summed E-state index contributed by atoms with van der Waals surface area (Å²) in [6, 6.07) is 9.34. The van der Waals surface area contributed by atoms with E-state index in [0.717, 1.165) is 49.3 Å². The van der Waals surface area contributed by atoms with Crippen molar-refractivity contribution in [2.24, 2.45) is 4.99 Å². The molecule has 0 aromatic heterocycles. The Labute approximate surface area is 193 Å². The highest BCUT2D eigenvalue weighted by molar-refractivity contribution is 14.0. The average Bonchev–Trinajstić information content (AvgIpc) is 3.42. The largest absolute Gasteiger partial charge is 0.450 e. The van der Waals surface area contributed by atoms with Gasteiger partial charge in [-0.25, -0.2) is 4.79 Å². The molecular weight excluding hydrogens is 535 g/mol. The van der Waals surface area contributed by atoms with Crippen molar-refractivity contribution in [3.05, 3.63) is 34.3 Å². The van der Waals surface area contributed by atoms with Crippen molar-refractivity contribution in [1.82, 2.24) is 15.5 Å². The first kappa shape index (κ1) is 23.3. The Hall–Kier alpha value is -1.03. The molecule has 1 saturated carbocycles. The summed E-state index contributed by atoms with van der Waals surface area (Å²) in [5.74, 6) is 1.43. The number of carbonyl (C=O) groups excluding carboxylic acids is 1. The van der Waals surface area contributed by atoms with Crippen LogP contribution in [0.15, 0.2) is 33.7 Å². The molecule has 1 amide bonds. The summed E-state index contributed by atoms with van der Waals surface area (Å²) in [6.07, 6.45) is 2.74. The number of aliphatic imine (C=N–C) groups is 1. The molecule has 2 unspecified atom stereocenters. The van der Waals surface area contributed by atoms with Crippen LogP contribution in [0.3, 0.4) is 0 Å². The predicted octanol–water partition coefficient (Wildman–Crippen LogP) is 4.10. The third-order valence-electron chi connectivity index (χ3n) is 5.09. The number of amides is 1. The van der Waals surface area contributed by atoms with Crippen molar-refractivity contribution in [2.45, 2.75) is 51.1 Å². The second-order valence-corrected chi connectivity index (χ2v) is 7.99. The number of rotatable bonds is 5. The molecule has 1 aliphatic carbocycles. The molecular formula is C20H30BrIN4O2. The van der Waals surface area contributed by atoms with E-state index in [0.29, 0.717) is 24.6 Å². The second-order valence-electron chi connectivity index (χ2n) is 7.07. The number of piperidine rings is 1. The zero-order chi connectivity index (χ0) is 19.2. The summed E-state index contributed by atoms with van der Waals surface area (Å²) in [4.78, 5) is 18.2. The van der Waals surface area contributed by atoms with Crippen LogP contribution in [0.25, 0.3) is 0 Å². The molecule has 28 heavy (non-hydrogen) atoms. The third-order valence-corrected chi connectivity index (χ3v) is 5.62. The minimum Gasteiger partial charge on any atom is -0.450 e. The molecule has 2 fully saturated rings. The highest BCUT2D eigenvalue weighted by Crippen LogP contribution is 2.41. The van der Waals surface area contributed by atoms with E-state index in [1.807, 2.05) is 13.8 Å². The Kier molecular flexibility index (Phi) is 9.33. The van der Waals surface area contributed by atoms with Gasteiger partial charge in [0.2, 0.25) is 0 Å². The van der Waals surface area contributed by atoms with Crippen LogP contribution in [0, 0.1) is 0 Å². The Morgan fingerprint density at radius 3 is 2.50 bits per heavy atom. The van der Waals surface area contributed by atoms with Gasteiger partial charge >= 0.3 is 6.09 Å². The van der Waals surface area contributed by atoms with Crippen molar-refractivity contribution in [1.29, 1.82) is 0 Å². The zero-order valence-electron chi connectivity index (χ0n) is 16.5. The monoisotopic (exact) mass is 564 g/mol. The minimum absolute atomic E-state index is 0. The van der Waals surface area contributed by atoms with Gasteiger partial charge in [0.1, 0.15) is 0 Å². The smallest absolute Gasteiger partial charge is 0.409 e. The fraction of sp³-hybridized carbons (Fsp3) is 0.600. The lowest BCUT2D eigenvalue weighted by Crippen LogP contribution is -2.50. The van der Waals surface area contributed by atoms with Gasteiger partial charge in [-0.1, -0.05) is 28.1 Å². The summed E-state index contributed by atoms with van der Waals surface area (Å²) in [7, 11) is 0. The third kappa shape index (κ3) is 6.50. The minimum atomic E-state index is -0.202. The lowest BCUT2D eigenvalue weighted by Gasteiger charge is -2.32. The Bertz CT molecular complexity index is 663. The Morgan fingerprint density at radius 1 is 1.21 bits per heavy atom. The van der Waals surface area contributed by atoms with Crippen LogP contribution < -0.4 is 10.6 Å². The van der Waals surface area contributed by atoms with Gasteiger partial charge in [0, 0.05) is 42.1 Å². The van der Waals surface area contributed by atoms with Crippen LogP contribution in [0.2, 0.25) is 0 Å². The first-order valence-corrected chi connectivity index (χ1v) is 10.6. The van der Waals surface area contributed by atoms with E-state index in [4.69, 9.17) is 4.74 Å². The molecule has 1 aromatic carbocycles. The number of guanidine groups is 1. The predicted molar refractivity (Wildman–Crippen MR) is 127 cm³/mol. The Morgan fingerprint density at radius 2 is 1.89 bits per heavy atom. The molecule has 1 aliphatic heterocycles. The van der Waals surface area contributed by atoms with Crippen molar-refractivity contribution in [2.75, 3.05) is 26.2 Å². The quantitative estimate of drug-likeness (QED) is 0.321. The fourth-order valence-corrected chi connectivity index (χ4v) is 3.78. The lowest BCUT2D eigenvalue weighted by atomic mass is 10.1.